The van der Waals surface area contributed by atoms with Crippen LogP contribution in [0.25, 0.3) is 33.0 Å². The zero-order valence-electron chi connectivity index (χ0n) is 30.6. The number of benzene rings is 5. The number of fused-ring (bicyclic) bond motifs is 3. The van der Waals surface area contributed by atoms with Gasteiger partial charge in [-0.25, -0.2) is 9.98 Å². The molecule has 0 aliphatic heterocycles. The van der Waals surface area contributed by atoms with E-state index < -0.39 is 0 Å². The van der Waals surface area contributed by atoms with Gasteiger partial charge >= 0.3 is 0 Å². The Bertz CT molecular complexity index is 2680. The molecule has 2 atom stereocenters. The Kier molecular flexibility index (Phi) is 9.86. The molecule has 3 heteroatoms. The SMILES string of the molecule is C=C(/N=C(\N=C\c1ccc(-c2cccnc2)cc1)c1cccc(C2=c3ccccc3=C(c3cccc4ccccc34)C3C=CC=C[C@@H]23)c1)/C(C)=C/C=C\C. The fourth-order valence-electron chi connectivity index (χ4n) is 7.58. The molecule has 0 saturated heterocycles. The number of hydrogen-bond acceptors (Lipinski definition) is 2. The Labute approximate surface area is 317 Å². The van der Waals surface area contributed by atoms with Crippen LogP contribution in [0.5, 0.6) is 0 Å². The molecule has 8 rings (SSSR count). The summed E-state index contributed by atoms with van der Waals surface area (Å²) < 4.78 is 0. The highest BCUT2D eigenvalue weighted by molar-refractivity contribution is 6.06. The van der Waals surface area contributed by atoms with Gasteiger partial charge in [0.2, 0.25) is 0 Å². The van der Waals surface area contributed by atoms with Gasteiger partial charge in [-0.1, -0.05) is 164 Å². The Hall–Kier alpha value is -6.71. The molecule has 1 heterocycles. The van der Waals surface area contributed by atoms with Crippen molar-refractivity contribution in [2.24, 2.45) is 21.8 Å². The van der Waals surface area contributed by atoms with E-state index in [2.05, 4.69) is 157 Å². The number of pyridine rings is 1. The van der Waals surface area contributed by atoms with E-state index in [4.69, 9.17) is 9.98 Å². The van der Waals surface area contributed by atoms with Crippen molar-refractivity contribution < 1.29 is 0 Å². The molecule has 0 fully saturated rings. The second-order valence-corrected chi connectivity index (χ2v) is 13.7. The number of allylic oxidation sites excluding steroid dienone is 8. The fraction of sp³-hybridized carbons (Fsp3) is 0.0784. The first-order chi connectivity index (χ1) is 26.6. The Balaban J connectivity index is 1.27. The molecule has 0 N–H and O–H groups in total. The maximum absolute atomic E-state index is 5.05. The van der Waals surface area contributed by atoms with Crippen molar-refractivity contribution in [3.63, 3.8) is 0 Å². The molecule has 6 aromatic rings. The Morgan fingerprint density at radius 2 is 1.41 bits per heavy atom. The van der Waals surface area contributed by atoms with Gasteiger partial charge in [-0.05, 0) is 91.7 Å². The van der Waals surface area contributed by atoms with E-state index in [1.807, 2.05) is 50.6 Å². The minimum Gasteiger partial charge on any atom is -0.264 e. The molecule has 5 aromatic carbocycles. The highest BCUT2D eigenvalue weighted by Gasteiger charge is 2.32. The van der Waals surface area contributed by atoms with Crippen molar-refractivity contribution in [3.8, 4) is 11.1 Å². The van der Waals surface area contributed by atoms with Crippen LogP contribution in [0, 0.1) is 11.8 Å². The van der Waals surface area contributed by atoms with E-state index in [1.54, 1.807) is 6.20 Å². The van der Waals surface area contributed by atoms with Gasteiger partial charge in [0.05, 0.1) is 5.70 Å². The molecule has 3 nitrogen and oxygen atoms in total. The monoisotopic (exact) mass is 695 g/mol. The van der Waals surface area contributed by atoms with Crippen LogP contribution >= 0.6 is 0 Å². The number of nitrogens with zero attached hydrogens (tertiary/aromatic N) is 3. The van der Waals surface area contributed by atoms with E-state index in [0.717, 1.165) is 33.4 Å². The molecule has 0 bridgehead atoms. The van der Waals surface area contributed by atoms with E-state index in [9.17, 15) is 0 Å². The highest BCUT2D eigenvalue weighted by Crippen LogP contribution is 2.42. The van der Waals surface area contributed by atoms with Gasteiger partial charge in [0.1, 0.15) is 0 Å². The van der Waals surface area contributed by atoms with Crippen molar-refractivity contribution in [1.29, 1.82) is 0 Å². The summed E-state index contributed by atoms with van der Waals surface area (Å²) in [5, 5.41) is 5.06. The average molecular weight is 696 g/mol. The van der Waals surface area contributed by atoms with E-state index in [1.165, 1.54) is 37.9 Å². The molecular weight excluding hydrogens is 655 g/mol. The first-order valence-corrected chi connectivity index (χ1v) is 18.5. The van der Waals surface area contributed by atoms with Gasteiger partial charge in [-0.15, -0.1) is 0 Å². The summed E-state index contributed by atoms with van der Waals surface area (Å²) in [5.41, 5.74) is 10.9. The highest BCUT2D eigenvalue weighted by atomic mass is 14.9. The number of aliphatic imine (C=N–C) groups is 2. The summed E-state index contributed by atoms with van der Waals surface area (Å²) in [6.07, 6.45) is 20.7. The topological polar surface area (TPSA) is 37.6 Å². The molecule has 0 saturated carbocycles. The quantitative estimate of drug-likeness (QED) is 0.0887. The minimum absolute atomic E-state index is 0.150. The van der Waals surface area contributed by atoms with Gasteiger partial charge < -0.3 is 0 Å². The zero-order valence-corrected chi connectivity index (χ0v) is 30.6. The molecule has 260 valence electrons. The van der Waals surface area contributed by atoms with E-state index >= 15 is 0 Å². The first kappa shape index (κ1) is 34.4. The maximum Gasteiger partial charge on any atom is 0.159 e. The van der Waals surface area contributed by atoms with Crippen LogP contribution in [0.1, 0.15) is 36.1 Å². The summed E-state index contributed by atoms with van der Waals surface area (Å²) in [7, 11) is 0. The average Bonchev–Trinajstić information content (AvgIpc) is 3.23. The number of aromatic nitrogens is 1. The van der Waals surface area contributed by atoms with Crippen molar-refractivity contribution in [2.75, 3.05) is 0 Å². The van der Waals surface area contributed by atoms with Crippen molar-refractivity contribution >= 4 is 34.0 Å². The summed E-state index contributed by atoms with van der Waals surface area (Å²) >= 11 is 0. The predicted molar refractivity (Wildman–Crippen MR) is 228 cm³/mol. The lowest BCUT2D eigenvalue weighted by Gasteiger charge is -2.33. The zero-order chi connectivity index (χ0) is 36.9. The second-order valence-electron chi connectivity index (χ2n) is 13.7. The van der Waals surface area contributed by atoms with Crippen LogP contribution in [-0.2, 0) is 0 Å². The van der Waals surface area contributed by atoms with Crippen LogP contribution in [0.3, 0.4) is 0 Å². The number of amidine groups is 1. The van der Waals surface area contributed by atoms with E-state index in [-0.39, 0.29) is 11.8 Å². The van der Waals surface area contributed by atoms with Gasteiger partial charge in [-0.3, -0.25) is 4.98 Å². The third kappa shape index (κ3) is 6.92. The molecule has 1 unspecified atom stereocenters. The van der Waals surface area contributed by atoms with Crippen molar-refractivity contribution in [1.82, 2.24) is 4.98 Å². The van der Waals surface area contributed by atoms with Gasteiger partial charge in [-0.2, -0.15) is 0 Å². The molecule has 0 spiro atoms. The van der Waals surface area contributed by atoms with Crippen LogP contribution in [0.4, 0.5) is 0 Å². The minimum atomic E-state index is 0.150. The normalized spacial score (nSPS) is 17.0. The third-order valence-electron chi connectivity index (χ3n) is 10.3. The summed E-state index contributed by atoms with van der Waals surface area (Å²) in [6, 6.07) is 45.4. The largest absolute Gasteiger partial charge is 0.264 e. The van der Waals surface area contributed by atoms with E-state index in [0.29, 0.717) is 11.5 Å². The van der Waals surface area contributed by atoms with Crippen molar-refractivity contribution in [2.45, 2.75) is 13.8 Å². The Morgan fingerprint density at radius 3 is 2.19 bits per heavy atom. The smallest absolute Gasteiger partial charge is 0.159 e. The molecule has 0 radical (unpaired) electrons. The van der Waals surface area contributed by atoms with Crippen LogP contribution in [0.2, 0.25) is 0 Å². The van der Waals surface area contributed by atoms with Gasteiger partial charge in [0.15, 0.2) is 5.84 Å². The lowest BCUT2D eigenvalue weighted by atomic mass is 9.69. The van der Waals surface area contributed by atoms with Crippen LogP contribution < -0.4 is 10.4 Å². The first-order valence-electron chi connectivity index (χ1n) is 18.5. The van der Waals surface area contributed by atoms with Crippen LogP contribution in [-0.4, -0.2) is 17.0 Å². The second kappa shape index (κ2) is 15.5. The van der Waals surface area contributed by atoms with Crippen LogP contribution in [0.15, 0.2) is 210 Å². The predicted octanol–water partition coefficient (Wildman–Crippen LogP) is 10.6. The summed E-state index contributed by atoms with van der Waals surface area (Å²) in [6.45, 7) is 8.37. The molecule has 1 aromatic heterocycles. The summed E-state index contributed by atoms with van der Waals surface area (Å²) in [4.78, 5) is 14.3. The molecular formula is C51H41N3. The third-order valence-corrected chi connectivity index (χ3v) is 10.3. The molecule has 2 aliphatic rings. The lowest BCUT2D eigenvalue weighted by Crippen LogP contribution is -2.40. The maximum atomic E-state index is 5.05. The van der Waals surface area contributed by atoms with Crippen molar-refractivity contribution in [3.05, 3.63) is 233 Å². The lowest BCUT2D eigenvalue weighted by molar-refractivity contribution is 0.687. The number of rotatable bonds is 8. The molecule has 2 aliphatic carbocycles. The standard InChI is InChI=1S/C51H41N3/c1-4-5-15-35(2)36(3)54-51(53-33-37-27-29-38(30-28-37)42-20-14-31-52-34-42)41-19-12-18-40(32-41)49-45-22-8-10-24-47(45)50(48-25-11-9-23-46(48)49)44-26-13-17-39-16-6-7-21-43(39)44/h4-34,45,47H,3H2,1-2H3/b5-4-,35-15+,53-33+,54-51-/t45-,47?/m1/s1. The molecule has 54 heavy (non-hydrogen) atoms. The summed E-state index contributed by atoms with van der Waals surface area (Å²) in [5.74, 6) is 0.932. The fourth-order valence-corrected chi connectivity index (χ4v) is 7.58. The number of hydrogen-bond donors (Lipinski definition) is 0. The Morgan fingerprint density at radius 1 is 0.704 bits per heavy atom. The van der Waals surface area contributed by atoms with Gasteiger partial charge in [0, 0.05) is 36.0 Å². The van der Waals surface area contributed by atoms with Gasteiger partial charge in [0.25, 0.3) is 0 Å². The molecule has 0 amide bonds.